The molecule has 0 radical (unpaired) electrons. The van der Waals surface area contributed by atoms with E-state index in [4.69, 9.17) is 10.00 Å². The van der Waals surface area contributed by atoms with Crippen LogP contribution < -0.4 is 4.74 Å². The van der Waals surface area contributed by atoms with Crippen LogP contribution in [-0.4, -0.2) is 25.5 Å². The zero-order valence-electron chi connectivity index (χ0n) is 15.4. The van der Waals surface area contributed by atoms with Gasteiger partial charge in [-0.05, 0) is 42.0 Å². The lowest BCUT2D eigenvalue weighted by atomic mass is 9.99. The summed E-state index contributed by atoms with van der Waals surface area (Å²) in [5, 5.41) is 12.2. The van der Waals surface area contributed by atoms with E-state index in [9.17, 15) is 8.42 Å². The molecule has 2 aromatic heterocycles. The van der Waals surface area contributed by atoms with E-state index in [1.165, 1.54) is 11.3 Å². The summed E-state index contributed by atoms with van der Waals surface area (Å²) in [6, 6.07) is 14.1. The predicted octanol–water partition coefficient (Wildman–Crippen LogP) is 4.21. The van der Waals surface area contributed by atoms with E-state index in [1.807, 2.05) is 12.1 Å². The van der Waals surface area contributed by atoms with Gasteiger partial charge in [-0.15, -0.1) is 11.3 Å². The maximum absolute atomic E-state index is 12.8. The van der Waals surface area contributed by atoms with E-state index in [0.717, 1.165) is 16.5 Å². The molecular formula is C21H15N3O3S2. The van der Waals surface area contributed by atoms with Gasteiger partial charge >= 0.3 is 0 Å². The number of fused-ring (bicyclic) bond motifs is 1. The minimum Gasteiger partial charge on any atom is -0.496 e. The molecule has 2 aromatic carbocycles. The number of nitriles is 1. The van der Waals surface area contributed by atoms with Crippen molar-refractivity contribution in [3.05, 3.63) is 70.8 Å². The molecule has 0 aliphatic carbocycles. The molecule has 144 valence electrons. The molecule has 0 atom stereocenters. The van der Waals surface area contributed by atoms with Gasteiger partial charge in [0.2, 0.25) is 0 Å². The number of benzene rings is 2. The summed E-state index contributed by atoms with van der Waals surface area (Å²) < 4.78 is 31.0. The Balaban J connectivity index is 1.81. The highest BCUT2D eigenvalue weighted by molar-refractivity contribution is 7.90. The number of rotatable bonds is 5. The summed E-state index contributed by atoms with van der Waals surface area (Å²) in [5.74, 6) is 0.427. The molecule has 4 aromatic rings. The second-order valence-corrected chi connectivity index (χ2v) is 9.22. The van der Waals surface area contributed by atoms with Crippen molar-refractivity contribution in [3.8, 4) is 22.9 Å². The Labute approximate surface area is 172 Å². The summed E-state index contributed by atoms with van der Waals surface area (Å²) in [6.07, 6.45) is 3.22. The standard InChI is InChI=1S/C21H15N3O3S2/c1-27-20-10-14(12-22)2-4-18(20)16-6-7-23-19-11-15(3-5-17(16)19)29(25,26)13-21-24-8-9-28-21/h2-11H,13H2,1H3. The molecule has 0 bridgehead atoms. The normalized spacial score (nSPS) is 11.3. The fraction of sp³-hybridized carbons (Fsp3) is 0.0952. The molecule has 4 rings (SSSR count). The van der Waals surface area contributed by atoms with E-state index in [2.05, 4.69) is 16.0 Å². The van der Waals surface area contributed by atoms with Crippen molar-refractivity contribution in [2.75, 3.05) is 7.11 Å². The zero-order valence-corrected chi connectivity index (χ0v) is 17.0. The van der Waals surface area contributed by atoms with Gasteiger partial charge in [0.05, 0.1) is 29.2 Å². The molecule has 0 amide bonds. The second-order valence-electron chi connectivity index (χ2n) is 6.25. The third-order valence-corrected chi connectivity index (χ3v) is 7.08. The number of ether oxygens (including phenoxy) is 1. The zero-order chi connectivity index (χ0) is 20.4. The minimum atomic E-state index is -3.53. The fourth-order valence-electron chi connectivity index (χ4n) is 3.11. The van der Waals surface area contributed by atoms with Gasteiger partial charge < -0.3 is 4.74 Å². The van der Waals surface area contributed by atoms with Crippen LogP contribution in [0.4, 0.5) is 0 Å². The van der Waals surface area contributed by atoms with Crippen LogP contribution in [0, 0.1) is 11.3 Å². The van der Waals surface area contributed by atoms with Gasteiger partial charge in [-0.3, -0.25) is 4.98 Å². The Morgan fingerprint density at radius 3 is 2.66 bits per heavy atom. The average Bonchev–Trinajstić information content (AvgIpc) is 3.24. The number of aromatic nitrogens is 2. The maximum Gasteiger partial charge on any atom is 0.184 e. The molecule has 0 N–H and O–H groups in total. The number of pyridine rings is 1. The summed E-state index contributed by atoms with van der Waals surface area (Å²) in [5.41, 5.74) is 2.71. The third kappa shape index (κ3) is 3.70. The van der Waals surface area contributed by atoms with Crippen LogP contribution in [0.2, 0.25) is 0 Å². The predicted molar refractivity (Wildman–Crippen MR) is 111 cm³/mol. The lowest BCUT2D eigenvalue weighted by Crippen LogP contribution is -2.05. The van der Waals surface area contributed by atoms with Gasteiger partial charge in [0.15, 0.2) is 9.84 Å². The molecule has 6 nitrogen and oxygen atoms in total. The number of sulfone groups is 1. The van der Waals surface area contributed by atoms with E-state index in [1.54, 1.807) is 55.2 Å². The Morgan fingerprint density at radius 1 is 1.07 bits per heavy atom. The summed E-state index contributed by atoms with van der Waals surface area (Å²) in [7, 11) is -1.98. The highest BCUT2D eigenvalue weighted by Crippen LogP contribution is 2.35. The largest absolute Gasteiger partial charge is 0.496 e. The Hall–Kier alpha value is -3.28. The van der Waals surface area contributed by atoms with Crippen molar-refractivity contribution in [3.63, 3.8) is 0 Å². The van der Waals surface area contributed by atoms with Crippen LogP contribution in [0.1, 0.15) is 10.6 Å². The topological polar surface area (TPSA) is 92.9 Å². The Kier molecular flexibility index (Phi) is 5.01. The van der Waals surface area contributed by atoms with Gasteiger partial charge in [-0.25, -0.2) is 13.4 Å². The number of thiazole rings is 1. The molecule has 0 fully saturated rings. The highest BCUT2D eigenvalue weighted by Gasteiger charge is 2.19. The van der Waals surface area contributed by atoms with Crippen LogP contribution in [0.3, 0.4) is 0 Å². The van der Waals surface area contributed by atoms with Crippen LogP contribution in [0.15, 0.2) is 65.1 Å². The number of hydrogen-bond donors (Lipinski definition) is 0. The minimum absolute atomic E-state index is 0.140. The smallest absolute Gasteiger partial charge is 0.184 e. The fourth-order valence-corrected chi connectivity index (χ4v) is 5.38. The molecule has 0 unspecified atom stereocenters. The van der Waals surface area contributed by atoms with Gasteiger partial charge in [-0.1, -0.05) is 6.07 Å². The molecule has 0 aliphatic heterocycles. The average molecular weight is 422 g/mol. The van der Waals surface area contributed by atoms with Crippen molar-refractivity contribution in [1.82, 2.24) is 9.97 Å². The van der Waals surface area contributed by atoms with E-state index in [-0.39, 0.29) is 10.6 Å². The first-order valence-corrected chi connectivity index (χ1v) is 11.1. The molecule has 0 saturated carbocycles. The van der Waals surface area contributed by atoms with Crippen molar-refractivity contribution >= 4 is 32.1 Å². The van der Waals surface area contributed by atoms with E-state index < -0.39 is 9.84 Å². The van der Waals surface area contributed by atoms with Crippen LogP contribution >= 0.6 is 11.3 Å². The number of hydrogen-bond acceptors (Lipinski definition) is 7. The Morgan fingerprint density at radius 2 is 1.93 bits per heavy atom. The van der Waals surface area contributed by atoms with Crippen LogP contribution in [0.25, 0.3) is 22.0 Å². The summed E-state index contributed by atoms with van der Waals surface area (Å²) >= 11 is 1.31. The second kappa shape index (κ2) is 7.62. The molecule has 29 heavy (non-hydrogen) atoms. The van der Waals surface area contributed by atoms with Gasteiger partial charge in [0, 0.05) is 28.7 Å². The van der Waals surface area contributed by atoms with Crippen LogP contribution in [0.5, 0.6) is 5.75 Å². The molecule has 8 heteroatoms. The van der Waals surface area contributed by atoms with E-state index >= 15 is 0 Å². The van der Waals surface area contributed by atoms with Gasteiger partial charge in [0.25, 0.3) is 0 Å². The summed E-state index contributed by atoms with van der Waals surface area (Å²) in [4.78, 5) is 8.63. The molecule has 2 heterocycles. The first-order chi connectivity index (χ1) is 14.0. The number of methoxy groups -OCH3 is 1. The first-order valence-electron chi connectivity index (χ1n) is 8.60. The highest BCUT2D eigenvalue weighted by atomic mass is 32.2. The molecule has 0 aliphatic rings. The van der Waals surface area contributed by atoms with Crippen molar-refractivity contribution in [1.29, 1.82) is 5.26 Å². The van der Waals surface area contributed by atoms with Gasteiger partial charge in [0.1, 0.15) is 16.5 Å². The maximum atomic E-state index is 12.8. The van der Waals surface area contributed by atoms with Crippen LogP contribution in [-0.2, 0) is 15.6 Å². The molecular weight excluding hydrogens is 406 g/mol. The van der Waals surface area contributed by atoms with E-state index in [0.29, 0.717) is 21.8 Å². The quantitative estimate of drug-likeness (QED) is 0.479. The van der Waals surface area contributed by atoms with Gasteiger partial charge in [-0.2, -0.15) is 5.26 Å². The summed E-state index contributed by atoms with van der Waals surface area (Å²) in [6.45, 7) is 0. The Bertz CT molecular complexity index is 1340. The molecule has 0 saturated heterocycles. The first kappa shape index (κ1) is 19.1. The SMILES string of the molecule is COc1cc(C#N)ccc1-c1ccnc2cc(S(=O)(=O)Cc3nccs3)ccc12. The molecule has 0 spiro atoms. The third-order valence-electron chi connectivity index (χ3n) is 4.49. The lowest BCUT2D eigenvalue weighted by molar-refractivity contribution is 0.416. The van der Waals surface area contributed by atoms with Crippen molar-refractivity contribution in [2.45, 2.75) is 10.6 Å². The lowest BCUT2D eigenvalue weighted by Gasteiger charge is -2.12. The van der Waals surface area contributed by atoms with Crippen molar-refractivity contribution in [2.24, 2.45) is 0 Å². The number of nitrogens with zero attached hydrogens (tertiary/aromatic N) is 3. The monoisotopic (exact) mass is 421 g/mol. The van der Waals surface area contributed by atoms with Crippen molar-refractivity contribution < 1.29 is 13.2 Å².